The monoisotopic (exact) mass is 254 g/mol. The molecule has 0 aliphatic carbocycles. The van der Waals surface area contributed by atoms with Crippen molar-refractivity contribution in [3.63, 3.8) is 0 Å². The third kappa shape index (κ3) is 3.23. The van der Waals surface area contributed by atoms with Crippen LogP contribution in [0, 0.1) is 18.3 Å². The Bertz CT molecular complexity index is 496. The zero-order valence-corrected chi connectivity index (χ0v) is 10.0. The van der Waals surface area contributed by atoms with Gasteiger partial charge in [-0.25, -0.2) is 13.8 Å². The number of carbonyl (C=O) groups is 1. The molecule has 0 fully saturated rings. The summed E-state index contributed by atoms with van der Waals surface area (Å²) < 4.78 is 30.2. The number of esters is 1. The van der Waals surface area contributed by atoms with E-state index in [1.54, 1.807) is 13.0 Å². The molecule has 1 heterocycles. The van der Waals surface area contributed by atoms with Gasteiger partial charge in [0, 0.05) is 0 Å². The van der Waals surface area contributed by atoms with Crippen molar-refractivity contribution in [2.24, 2.45) is 0 Å². The van der Waals surface area contributed by atoms with E-state index in [0.29, 0.717) is 5.56 Å². The van der Waals surface area contributed by atoms with Crippen LogP contribution in [0.2, 0.25) is 0 Å². The van der Waals surface area contributed by atoms with Gasteiger partial charge in [-0.3, -0.25) is 4.79 Å². The minimum absolute atomic E-state index is 0.129. The molecule has 0 saturated carbocycles. The highest BCUT2D eigenvalue weighted by Crippen LogP contribution is 2.24. The molecule has 0 radical (unpaired) electrons. The lowest BCUT2D eigenvalue weighted by Gasteiger charge is -2.10. The molecule has 0 bridgehead atoms. The molecule has 1 aromatic rings. The van der Waals surface area contributed by atoms with E-state index in [9.17, 15) is 13.6 Å². The molecule has 0 unspecified atom stereocenters. The Hall–Kier alpha value is -2.03. The van der Waals surface area contributed by atoms with E-state index in [0.717, 1.165) is 0 Å². The first-order chi connectivity index (χ1) is 8.49. The van der Waals surface area contributed by atoms with Crippen LogP contribution in [-0.4, -0.2) is 17.6 Å². The summed E-state index contributed by atoms with van der Waals surface area (Å²) in [5, 5.41) is 8.72. The normalized spacial score (nSPS) is 10.2. The van der Waals surface area contributed by atoms with E-state index in [1.165, 1.54) is 13.0 Å². The number of aromatic nitrogens is 1. The van der Waals surface area contributed by atoms with Gasteiger partial charge in [-0.1, -0.05) is 0 Å². The molecule has 0 spiro atoms. The van der Waals surface area contributed by atoms with Gasteiger partial charge in [0.15, 0.2) is 0 Å². The number of rotatable bonds is 4. The minimum Gasteiger partial charge on any atom is -0.466 e. The van der Waals surface area contributed by atoms with Gasteiger partial charge in [-0.2, -0.15) is 5.26 Å². The predicted octanol–water partition coefficient (Wildman–Crippen LogP) is 2.30. The number of alkyl halides is 2. The van der Waals surface area contributed by atoms with Crippen molar-refractivity contribution in [3.8, 4) is 6.07 Å². The summed E-state index contributed by atoms with van der Waals surface area (Å²) in [6.45, 7) is 3.32. The predicted molar refractivity (Wildman–Crippen MR) is 59.0 cm³/mol. The Balaban J connectivity index is 3.14. The first-order valence-electron chi connectivity index (χ1n) is 5.33. The summed E-state index contributed by atoms with van der Waals surface area (Å²) in [7, 11) is 0. The van der Waals surface area contributed by atoms with Crippen LogP contribution in [0.1, 0.15) is 35.9 Å². The number of hydrogen-bond donors (Lipinski definition) is 0. The standard InChI is InChI=1S/C12H12F2N2O2/c1-3-18-10(17)5-8-4-9(6-15)16-11(7(8)2)12(13)14/h4,12H,3,5H2,1-2H3. The van der Waals surface area contributed by atoms with E-state index in [-0.39, 0.29) is 24.3 Å². The highest BCUT2D eigenvalue weighted by atomic mass is 19.3. The average Bonchev–Trinajstić information content (AvgIpc) is 2.31. The zero-order chi connectivity index (χ0) is 13.7. The Morgan fingerprint density at radius 3 is 2.78 bits per heavy atom. The molecule has 1 aromatic heterocycles. The Morgan fingerprint density at radius 1 is 1.61 bits per heavy atom. The van der Waals surface area contributed by atoms with Gasteiger partial charge >= 0.3 is 5.97 Å². The van der Waals surface area contributed by atoms with Gasteiger partial charge in [-0.15, -0.1) is 0 Å². The molecule has 0 atom stereocenters. The van der Waals surface area contributed by atoms with Crippen LogP contribution < -0.4 is 0 Å². The average molecular weight is 254 g/mol. The number of nitrogens with zero attached hydrogens (tertiary/aromatic N) is 2. The molecule has 0 aliphatic heterocycles. The molecule has 0 aliphatic rings. The van der Waals surface area contributed by atoms with Crippen molar-refractivity contribution in [1.29, 1.82) is 5.26 Å². The summed E-state index contributed by atoms with van der Waals surface area (Å²) in [6, 6.07) is 3.03. The molecule has 4 nitrogen and oxygen atoms in total. The minimum atomic E-state index is -2.78. The maximum atomic E-state index is 12.7. The van der Waals surface area contributed by atoms with Gasteiger partial charge in [0.25, 0.3) is 6.43 Å². The van der Waals surface area contributed by atoms with Gasteiger partial charge in [0.1, 0.15) is 17.5 Å². The van der Waals surface area contributed by atoms with Crippen LogP contribution >= 0.6 is 0 Å². The molecule has 18 heavy (non-hydrogen) atoms. The summed E-state index contributed by atoms with van der Waals surface area (Å²) in [4.78, 5) is 14.9. The van der Waals surface area contributed by atoms with E-state index in [1.807, 2.05) is 0 Å². The molecule has 1 rings (SSSR count). The van der Waals surface area contributed by atoms with Crippen molar-refractivity contribution in [2.75, 3.05) is 6.61 Å². The number of pyridine rings is 1. The van der Waals surface area contributed by atoms with Gasteiger partial charge in [0.05, 0.1) is 13.0 Å². The van der Waals surface area contributed by atoms with Crippen LogP contribution in [0.5, 0.6) is 0 Å². The highest BCUT2D eigenvalue weighted by Gasteiger charge is 2.18. The topological polar surface area (TPSA) is 63.0 Å². The van der Waals surface area contributed by atoms with Crippen LogP contribution in [0.15, 0.2) is 6.07 Å². The maximum absolute atomic E-state index is 12.7. The number of ether oxygens (including phenoxy) is 1. The third-order valence-electron chi connectivity index (χ3n) is 2.38. The fraction of sp³-hybridized carbons (Fsp3) is 0.417. The van der Waals surface area contributed by atoms with Crippen molar-refractivity contribution in [1.82, 2.24) is 4.98 Å². The second kappa shape index (κ2) is 6.05. The van der Waals surface area contributed by atoms with Gasteiger partial charge in [-0.05, 0) is 31.0 Å². The first kappa shape index (κ1) is 14.0. The summed E-state index contributed by atoms with van der Waals surface area (Å²) in [5.74, 6) is -0.518. The molecule has 96 valence electrons. The van der Waals surface area contributed by atoms with Crippen LogP contribution in [0.3, 0.4) is 0 Å². The van der Waals surface area contributed by atoms with E-state index < -0.39 is 18.1 Å². The van der Waals surface area contributed by atoms with E-state index >= 15 is 0 Å². The molecule has 0 aromatic carbocycles. The Labute approximate surface area is 103 Å². The molecule has 0 N–H and O–H groups in total. The summed E-state index contributed by atoms with van der Waals surface area (Å²) in [5.41, 5.74) is -0.0316. The fourth-order valence-corrected chi connectivity index (χ4v) is 1.50. The summed E-state index contributed by atoms with van der Waals surface area (Å²) in [6.07, 6.45) is -2.92. The maximum Gasteiger partial charge on any atom is 0.310 e. The second-order valence-electron chi connectivity index (χ2n) is 3.57. The fourth-order valence-electron chi connectivity index (χ4n) is 1.50. The van der Waals surface area contributed by atoms with Crippen molar-refractivity contribution >= 4 is 5.97 Å². The number of nitriles is 1. The molecule has 0 saturated heterocycles. The van der Waals surface area contributed by atoms with Crippen molar-refractivity contribution in [2.45, 2.75) is 26.7 Å². The van der Waals surface area contributed by atoms with Crippen LogP contribution in [-0.2, 0) is 16.0 Å². The molecular formula is C12H12F2N2O2. The van der Waals surface area contributed by atoms with Crippen molar-refractivity contribution < 1.29 is 18.3 Å². The highest BCUT2D eigenvalue weighted by molar-refractivity contribution is 5.73. The largest absolute Gasteiger partial charge is 0.466 e. The SMILES string of the molecule is CCOC(=O)Cc1cc(C#N)nc(C(F)F)c1C. The van der Waals surface area contributed by atoms with E-state index in [4.69, 9.17) is 10.00 Å². The Kier molecular flexibility index (Phi) is 4.72. The number of halogens is 2. The number of carbonyl (C=O) groups excluding carboxylic acids is 1. The molecule has 6 heteroatoms. The Morgan fingerprint density at radius 2 is 2.28 bits per heavy atom. The molecule has 0 amide bonds. The first-order valence-corrected chi connectivity index (χ1v) is 5.33. The van der Waals surface area contributed by atoms with Crippen molar-refractivity contribution in [3.05, 3.63) is 28.6 Å². The second-order valence-corrected chi connectivity index (χ2v) is 3.57. The zero-order valence-electron chi connectivity index (χ0n) is 10.0. The lowest BCUT2D eigenvalue weighted by molar-refractivity contribution is -0.142. The summed E-state index contributed by atoms with van der Waals surface area (Å²) >= 11 is 0. The lowest BCUT2D eigenvalue weighted by Crippen LogP contribution is -2.11. The third-order valence-corrected chi connectivity index (χ3v) is 2.38. The quantitative estimate of drug-likeness (QED) is 0.773. The van der Waals surface area contributed by atoms with E-state index in [2.05, 4.69) is 4.98 Å². The van der Waals surface area contributed by atoms with Gasteiger partial charge in [0.2, 0.25) is 0 Å². The smallest absolute Gasteiger partial charge is 0.310 e. The van der Waals surface area contributed by atoms with Crippen LogP contribution in [0.25, 0.3) is 0 Å². The molecular weight excluding hydrogens is 242 g/mol. The van der Waals surface area contributed by atoms with Gasteiger partial charge < -0.3 is 4.74 Å². The van der Waals surface area contributed by atoms with Crippen LogP contribution in [0.4, 0.5) is 8.78 Å². The number of hydrogen-bond acceptors (Lipinski definition) is 4. The lowest BCUT2D eigenvalue weighted by atomic mass is 10.0.